The maximum atomic E-state index is 11.2. The molecule has 2 aliphatic heterocycles. The van der Waals surface area contributed by atoms with Crippen molar-refractivity contribution in [2.75, 3.05) is 7.11 Å². The first-order chi connectivity index (χ1) is 14.0. The molecular formula is C24H26N2O3. The highest BCUT2D eigenvalue weighted by Crippen LogP contribution is 2.50. The van der Waals surface area contributed by atoms with Crippen LogP contribution in [0.3, 0.4) is 0 Å². The Morgan fingerprint density at radius 3 is 2.66 bits per heavy atom. The van der Waals surface area contributed by atoms with Crippen molar-refractivity contribution < 1.29 is 14.6 Å². The number of rotatable bonds is 5. The lowest BCUT2D eigenvalue weighted by Crippen LogP contribution is -2.52. The molecule has 5 nitrogen and oxygen atoms in total. The summed E-state index contributed by atoms with van der Waals surface area (Å²) in [4.78, 5) is 17.2. The van der Waals surface area contributed by atoms with Crippen LogP contribution in [0.1, 0.15) is 52.4 Å². The summed E-state index contributed by atoms with van der Waals surface area (Å²) < 4.78 is 5.77. The molecule has 0 amide bonds. The highest BCUT2D eigenvalue weighted by atomic mass is 16.5. The Morgan fingerprint density at radius 1 is 1.21 bits per heavy atom. The number of fused-ring (bicyclic) bond motifs is 3. The Bertz CT molecular complexity index is 1060. The number of aromatic nitrogens is 1. The van der Waals surface area contributed by atoms with E-state index in [-0.39, 0.29) is 0 Å². The van der Waals surface area contributed by atoms with Gasteiger partial charge in [0.05, 0.1) is 12.7 Å². The quantitative estimate of drug-likeness (QED) is 0.650. The van der Waals surface area contributed by atoms with Gasteiger partial charge in [0.2, 0.25) is 0 Å². The highest BCUT2D eigenvalue weighted by molar-refractivity contribution is 5.88. The van der Waals surface area contributed by atoms with E-state index in [1.54, 1.807) is 19.2 Å². The van der Waals surface area contributed by atoms with Crippen molar-refractivity contribution in [2.24, 2.45) is 5.92 Å². The van der Waals surface area contributed by atoms with Gasteiger partial charge in [-0.15, -0.1) is 0 Å². The zero-order valence-electron chi connectivity index (χ0n) is 16.8. The van der Waals surface area contributed by atoms with Gasteiger partial charge in [-0.2, -0.15) is 0 Å². The van der Waals surface area contributed by atoms with Crippen molar-refractivity contribution >= 4 is 16.9 Å². The van der Waals surface area contributed by atoms with Gasteiger partial charge in [-0.25, -0.2) is 4.79 Å². The highest BCUT2D eigenvalue weighted by Gasteiger charge is 2.44. The van der Waals surface area contributed by atoms with Gasteiger partial charge in [0, 0.05) is 41.3 Å². The Hall–Kier alpha value is -2.79. The second-order valence-electron chi connectivity index (χ2n) is 8.48. The van der Waals surface area contributed by atoms with E-state index in [9.17, 15) is 9.90 Å². The summed E-state index contributed by atoms with van der Waals surface area (Å²) in [7, 11) is 1.74. The number of nitrogens with one attached hydrogen (secondary N) is 1. The number of hydrogen-bond acceptors (Lipinski definition) is 3. The van der Waals surface area contributed by atoms with Crippen LogP contribution in [0.25, 0.3) is 10.9 Å². The Morgan fingerprint density at radius 2 is 1.97 bits per heavy atom. The molecule has 2 N–H and O–H groups in total. The number of H-pyrrole nitrogens is 1. The first-order valence-electron chi connectivity index (χ1n) is 10.3. The average Bonchev–Trinajstić information content (AvgIpc) is 3.20. The molecule has 1 aliphatic carbocycles. The lowest BCUT2D eigenvalue weighted by atomic mass is 9.69. The normalized spacial score (nSPS) is 23.7. The van der Waals surface area contributed by atoms with Crippen LogP contribution in [0.2, 0.25) is 0 Å². The van der Waals surface area contributed by atoms with Crippen LogP contribution in [0.5, 0.6) is 5.75 Å². The SMILES string of the molecule is COc1cc(C)c2[nH]ccc2c1CN1C2CC(C2)CC1c1ccc(C(=O)O)cc1. The van der Waals surface area contributed by atoms with Crippen molar-refractivity contribution in [3.8, 4) is 5.75 Å². The van der Waals surface area contributed by atoms with Crippen LogP contribution in [-0.2, 0) is 6.54 Å². The standard InChI is InChI=1S/C24H26N2O3/c1-14-9-22(29-2)20(19-7-8-25-23(14)19)13-26-18-10-15(11-18)12-21(26)16-3-5-17(6-4-16)24(27)28/h3-9,15,18,21,25H,10-13H2,1-2H3,(H,27,28). The number of benzene rings is 2. The number of aromatic amines is 1. The van der Waals surface area contributed by atoms with Gasteiger partial charge in [-0.3, -0.25) is 4.90 Å². The lowest BCUT2D eigenvalue weighted by molar-refractivity contribution is -0.0398. The number of aryl methyl sites for hydroxylation is 1. The topological polar surface area (TPSA) is 65.6 Å². The van der Waals surface area contributed by atoms with Crippen LogP contribution < -0.4 is 4.74 Å². The van der Waals surface area contributed by atoms with Gasteiger partial charge in [-0.05, 0) is 67.5 Å². The summed E-state index contributed by atoms with van der Waals surface area (Å²) in [6, 6.07) is 12.6. The molecule has 2 bridgehead atoms. The summed E-state index contributed by atoms with van der Waals surface area (Å²) >= 11 is 0. The molecule has 0 radical (unpaired) electrons. The van der Waals surface area contributed by atoms with Crippen LogP contribution >= 0.6 is 0 Å². The fraction of sp³-hybridized carbons (Fsp3) is 0.375. The third-order valence-corrected chi connectivity index (χ3v) is 6.85. The first kappa shape index (κ1) is 18.3. The molecule has 3 fully saturated rings. The molecule has 6 rings (SSSR count). The van der Waals surface area contributed by atoms with Crippen LogP contribution in [0, 0.1) is 12.8 Å². The zero-order valence-corrected chi connectivity index (χ0v) is 16.8. The molecule has 3 aliphatic rings. The molecule has 150 valence electrons. The maximum Gasteiger partial charge on any atom is 0.335 e. The third-order valence-electron chi connectivity index (χ3n) is 6.85. The molecule has 29 heavy (non-hydrogen) atoms. The summed E-state index contributed by atoms with van der Waals surface area (Å²) in [6.07, 6.45) is 5.65. The third kappa shape index (κ3) is 3.01. The number of hydrogen-bond donors (Lipinski definition) is 2. The molecular weight excluding hydrogens is 364 g/mol. The average molecular weight is 390 g/mol. The number of piperidine rings is 2. The summed E-state index contributed by atoms with van der Waals surface area (Å²) in [5.41, 5.74) is 5.14. The fourth-order valence-electron chi connectivity index (χ4n) is 5.25. The second-order valence-corrected chi connectivity index (χ2v) is 8.48. The number of nitrogens with zero attached hydrogens (tertiary/aromatic N) is 1. The van der Waals surface area contributed by atoms with E-state index in [0.717, 1.165) is 24.6 Å². The minimum atomic E-state index is -0.876. The minimum Gasteiger partial charge on any atom is -0.496 e. The number of carboxylic acid groups (broad SMARTS) is 1. The molecule has 3 aromatic rings. The maximum absolute atomic E-state index is 11.2. The van der Waals surface area contributed by atoms with Crippen molar-refractivity contribution in [1.82, 2.24) is 9.88 Å². The molecule has 2 aromatic carbocycles. The lowest BCUT2D eigenvalue weighted by Gasteiger charge is -2.54. The van der Waals surface area contributed by atoms with E-state index in [2.05, 4.69) is 28.9 Å². The first-order valence-corrected chi connectivity index (χ1v) is 10.3. The van der Waals surface area contributed by atoms with Crippen LogP contribution in [-0.4, -0.2) is 34.1 Å². The number of carboxylic acids is 1. The largest absolute Gasteiger partial charge is 0.496 e. The minimum absolute atomic E-state index is 0.315. The number of methoxy groups -OCH3 is 1. The van der Waals surface area contributed by atoms with Gasteiger partial charge in [0.25, 0.3) is 0 Å². The van der Waals surface area contributed by atoms with E-state index in [0.29, 0.717) is 17.6 Å². The molecule has 1 unspecified atom stereocenters. The predicted molar refractivity (Wildman–Crippen MR) is 112 cm³/mol. The van der Waals surface area contributed by atoms with Gasteiger partial charge >= 0.3 is 5.97 Å². The predicted octanol–water partition coefficient (Wildman–Crippen LogP) is 4.91. The zero-order chi connectivity index (χ0) is 20.1. The number of aromatic carboxylic acids is 1. The molecule has 1 aromatic heterocycles. The Kier molecular flexibility index (Phi) is 4.36. The van der Waals surface area contributed by atoms with Gasteiger partial charge < -0.3 is 14.8 Å². The van der Waals surface area contributed by atoms with Crippen molar-refractivity contribution in [3.05, 3.63) is 64.8 Å². The second kappa shape index (κ2) is 6.92. The van der Waals surface area contributed by atoms with E-state index >= 15 is 0 Å². The molecule has 1 atom stereocenters. The van der Waals surface area contributed by atoms with E-state index in [1.807, 2.05) is 18.3 Å². The fourth-order valence-corrected chi connectivity index (χ4v) is 5.25. The van der Waals surface area contributed by atoms with Crippen LogP contribution in [0.15, 0.2) is 42.6 Å². The van der Waals surface area contributed by atoms with E-state index in [4.69, 9.17) is 4.74 Å². The summed E-state index contributed by atoms with van der Waals surface area (Å²) in [6.45, 7) is 2.94. The molecule has 0 spiro atoms. The Labute approximate surface area is 170 Å². The van der Waals surface area contributed by atoms with Crippen molar-refractivity contribution in [1.29, 1.82) is 0 Å². The van der Waals surface area contributed by atoms with Gasteiger partial charge in [-0.1, -0.05) is 12.1 Å². The van der Waals surface area contributed by atoms with Crippen LogP contribution in [0.4, 0.5) is 0 Å². The van der Waals surface area contributed by atoms with Gasteiger partial charge in [0.1, 0.15) is 5.75 Å². The summed E-state index contributed by atoms with van der Waals surface area (Å²) in [5, 5.41) is 10.4. The van der Waals surface area contributed by atoms with Gasteiger partial charge in [0.15, 0.2) is 0 Å². The smallest absolute Gasteiger partial charge is 0.335 e. The molecule has 3 heterocycles. The molecule has 2 saturated heterocycles. The molecule has 5 heteroatoms. The Balaban J connectivity index is 1.52. The van der Waals surface area contributed by atoms with Crippen molar-refractivity contribution in [3.63, 3.8) is 0 Å². The van der Waals surface area contributed by atoms with Crippen molar-refractivity contribution in [2.45, 2.75) is 44.8 Å². The monoisotopic (exact) mass is 390 g/mol. The van der Waals surface area contributed by atoms with E-state index < -0.39 is 5.97 Å². The molecule has 1 saturated carbocycles. The summed E-state index contributed by atoms with van der Waals surface area (Å²) in [5.74, 6) is 0.850. The number of ether oxygens (including phenoxy) is 1. The van der Waals surface area contributed by atoms with E-state index in [1.165, 1.54) is 40.4 Å². The number of carbonyl (C=O) groups is 1.